The Hall–Kier alpha value is -3.12. The van der Waals surface area contributed by atoms with Crippen LogP contribution in [0.3, 0.4) is 0 Å². The third-order valence-electron chi connectivity index (χ3n) is 4.71. The lowest BCUT2D eigenvalue weighted by Crippen LogP contribution is -2.32. The summed E-state index contributed by atoms with van der Waals surface area (Å²) >= 11 is 0. The van der Waals surface area contributed by atoms with E-state index in [2.05, 4.69) is 0 Å². The van der Waals surface area contributed by atoms with E-state index in [9.17, 15) is 19.8 Å². The molecule has 0 saturated carbocycles. The quantitative estimate of drug-likeness (QED) is 0.456. The molecule has 0 aromatic heterocycles. The number of aliphatic hydroxyl groups is 2. The van der Waals surface area contributed by atoms with Gasteiger partial charge in [-0.05, 0) is 43.7 Å². The maximum absolute atomic E-state index is 12.7. The number of benzene rings is 2. The van der Waals surface area contributed by atoms with Crippen LogP contribution >= 0.6 is 0 Å². The average molecular weight is 381 g/mol. The van der Waals surface area contributed by atoms with Crippen LogP contribution in [0.5, 0.6) is 5.75 Å². The number of hydrogen-bond acceptors (Lipinski definition) is 5. The molecule has 6 heteroatoms. The van der Waals surface area contributed by atoms with Gasteiger partial charge in [-0.25, -0.2) is 0 Å². The summed E-state index contributed by atoms with van der Waals surface area (Å²) in [6, 6.07) is 13.3. The lowest BCUT2D eigenvalue weighted by Gasteiger charge is -2.24. The first-order valence-electron chi connectivity index (χ1n) is 9.17. The molecule has 1 atom stereocenters. The van der Waals surface area contributed by atoms with Crippen LogP contribution in [-0.2, 0) is 9.59 Å². The van der Waals surface area contributed by atoms with Crippen molar-refractivity contribution >= 4 is 17.4 Å². The summed E-state index contributed by atoms with van der Waals surface area (Å²) < 4.78 is 5.40. The Bertz CT molecular complexity index is 900. The van der Waals surface area contributed by atoms with Crippen molar-refractivity contribution in [3.8, 4) is 5.75 Å². The number of carbonyl (C=O) groups excluding carboxylic acids is 2. The first-order valence-corrected chi connectivity index (χ1v) is 9.17. The Morgan fingerprint density at radius 3 is 2.29 bits per heavy atom. The summed E-state index contributed by atoms with van der Waals surface area (Å²) in [7, 11) is 0. The molecular formula is C22H23NO5. The molecule has 2 N–H and O–H groups in total. The number of aliphatic hydroxyl groups excluding tert-OH is 2. The second kappa shape index (κ2) is 8.27. The van der Waals surface area contributed by atoms with Gasteiger partial charge in [0.2, 0.25) is 0 Å². The standard InChI is InChI=1S/C22H23NO5/c1-3-28-17-10-8-16(9-11-17)20(25)18-19(15-6-4-14(2)5-7-15)23(12-13-24)22(27)21(18)26/h4-11,19,24-25H,3,12-13H2,1-2H3/b20-18-. The SMILES string of the molecule is CCOc1ccc(/C(O)=C2/C(=O)C(=O)N(CCO)C2c2ccc(C)cc2)cc1. The second-order valence-electron chi connectivity index (χ2n) is 6.58. The van der Waals surface area contributed by atoms with Crippen molar-refractivity contribution in [3.63, 3.8) is 0 Å². The lowest BCUT2D eigenvalue weighted by molar-refractivity contribution is -0.140. The Morgan fingerprint density at radius 2 is 1.71 bits per heavy atom. The number of aryl methyl sites for hydroxylation is 1. The summed E-state index contributed by atoms with van der Waals surface area (Å²) in [5.41, 5.74) is 2.18. The first-order chi connectivity index (χ1) is 13.5. The molecule has 6 nitrogen and oxygen atoms in total. The van der Waals surface area contributed by atoms with E-state index in [1.165, 1.54) is 4.90 Å². The van der Waals surface area contributed by atoms with Gasteiger partial charge in [0.25, 0.3) is 11.7 Å². The predicted molar refractivity (Wildman–Crippen MR) is 105 cm³/mol. The third kappa shape index (κ3) is 3.64. The molecule has 146 valence electrons. The number of Topliss-reactive ketones (excluding diaryl/α,β-unsaturated/α-hetero) is 1. The van der Waals surface area contributed by atoms with Crippen molar-refractivity contribution in [1.29, 1.82) is 0 Å². The van der Waals surface area contributed by atoms with E-state index < -0.39 is 17.7 Å². The molecule has 1 aliphatic heterocycles. The number of rotatable bonds is 6. The van der Waals surface area contributed by atoms with Gasteiger partial charge in [-0.15, -0.1) is 0 Å². The van der Waals surface area contributed by atoms with Crippen LogP contribution in [0.2, 0.25) is 0 Å². The summed E-state index contributed by atoms with van der Waals surface area (Å²) in [6.07, 6.45) is 0. The summed E-state index contributed by atoms with van der Waals surface area (Å²) in [5.74, 6) is -1.08. The van der Waals surface area contributed by atoms with Crippen LogP contribution in [0, 0.1) is 6.92 Å². The maximum Gasteiger partial charge on any atom is 0.295 e. The zero-order valence-electron chi connectivity index (χ0n) is 15.9. The summed E-state index contributed by atoms with van der Waals surface area (Å²) in [6.45, 7) is 4.05. The van der Waals surface area contributed by atoms with Gasteiger partial charge >= 0.3 is 0 Å². The molecule has 3 rings (SSSR count). The number of amides is 1. The number of ketones is 1. The van der Waals surface area contributed by atoms with Gasteiger partial charge in [-0.1, -0.05) is 29.8 Å². The molecule has 0 radical (unpaired) electrons. The van der Waals surface area contributed by atoms with E-state index in [4.69, 9.17) is 4.74 Å². The monoisotopic (exact) mass is 381 g/mol. The van der Waals surface area contributed by atoms with Crippen molar-refractivity contribution in [3.05, 3.63) is 70.8 Å². The van der Waals surface area contributed by atoms with Crippen molar-refractivity contribution in [2.24, 2.45) is 0 Å². The summed E-state index contributed by atoms with van der Waals surface area (Å²) in [4.78, 5) is 26.5. The minimum atomic E-state index is -0.759. The Balaban J connectivity index is 2.10. The Kier molecular flexibility index (Phi) is 5.80. The van der Waals surface area contributed by atoms with Crippen LogP contribution in [-0.4, -0.2) is 46.6 Å². The molecule has 1 aliphatic rings. The van der Waals surface area contributed by atoms with Crippen LogP contribution in [0.25, 0.3) is 5.76 Å². The highest BCUT2D eigenvalue weighted by Gasteiger charge is 2.45. The van der Waals surface area contributed by atoms with Crippen molar-refractivity contribution in [2.45, 2.75) is 19.9 Å². The van der Waals surface area contributed by atoms with E-state index in [1.54, 1.807) is 24.3 Å². The topological polar surface area (TPSA) is 87.1 Å². The van der Waals surface area contributed by atoms with E-state index in [0.29, 0.717) is 23.5 Å². The number of ether oxygens (including phenoxy) is 1. The highest BCUT2D eigenvalue weighted by molar-refractivity contribution is 6.46. The highest BCUT2D eigenvalue weighted by Crippen LogP contribution is 2.39. The molecule has 1 unspecified atom stereocenters. The second-order valence-corrected chi connectivity index (χ2v) is 6.58. The van der Waals surface area contributed by atoms with E-state index in [-0.39, 0.29) is 24.5 Å². The van der Waals surface area contributed by atoms with Crippen molar-refractivity contribution in [2.75, 3.05) is 19.8 Å². The van der Waals surface area contributed by atoms with Gasteiger partial charge in [0, 0.05) is 12.1 Å². The maximum atomic E-state index is 12.7. The van der Waals surface area contributed by atoms with Gasteiger partial charge in [0.05, 0.1) is 24.8 Å². The molecule has 28 heavy (non-hydrogen) atoms. The Labute approximate surface area is 163 Å². The van der Waals surface area contributed by atoms with Crippen LogP contribution in [0.15, 0.2) is 54.1 Å². The van der Waals surface area contributed by atoms with E-state index in [1.807, 2.05) is 38.1 Å². The fourth-order valence-electron chi connectivity index (χ4n) is 3.34. The number of nitrogens with zero attached hydrogens (tertiary/aromatic N) is 1. The Morgan fingerprint density at radius 1 is 1.07 bits per heavy atom. The van der Waals surface area contributed by atoms with Gasteiger partial charge in [0.15, 0.2) is 0 Å². The first kappa shape index (κ1) is 19.6. The average Bonchev–Trinajstić information content (AvgIpc) is 2.94. The number of likely N-dealkylation sites (tertiary alicyclic amines) is 1. The van der Waals surface area contributed by atoms with Gasteiger partial charge in [0.1, 0.15) is 11.5 Å². The molecule has 1 fully saturated rings. The van der Waals surface area contributed by atoms with Gasteiger partial charge < -0.3 is 19.8 Å². The predicted octanol–water partition coefficient (Wildman–Crippen LogP) is 2.81. The molecule has 0 bridgehead atoms. The van der Waals surface area contributed by atoms with E-state index >= 15 is 0 Å². The van der Waals surface area contributed by atoms with Crippen LogP contribution < -0.4 is 4.74 Å². The molecule has 1 saturated heterocycles. The number of carbonyl (C=O) groups is 2. The van der Waals surface area contributed by atoms with Crippen molar-refractivity contribution < 1.29 is 24.5 Å². The molecule has 2 aromatic rings. The fourth-order valence-corrected chi connectivity index (χ4v) is 3.34. The van der Waals surface area contributed by atoms with E-state index in [0.717, 1.165) is 5.56 Å². The zero-order valence-corrected chi connectivity index (χ0v) is 15.9. The smallest absolute Gasteiger partial charge is 0.295 e. The summed E-state index contributed by atoms with van der Waals surface area (Å²) in [5, 5.41) is 20.2. The van der Waals surface area contributed by atoms with Gasteiger partial charge in [-0.2, -0.15) is 0 Å². The normalized spacial score (nSPS) is 18.5. The van der Waals surface area contributed by atoms with Crippen LogP contribution in [0.1, 0.15) is 29.7 Å². The fraction of sp³-hybridized carbons (Fsp3) is 0.273. The lowest BCUT2D eigenvalue weighted by atomic mass is 9.94. The van der Waals surface area contributed by atoms with Gasteiger partial charge in [-0.3, -0.25) is 9.59 Å². The molecule has 1 amide bonds. The highest BCUT2D eigenvalue weighted by atomic mass is 16.5. The molecule has 1 heterocycles. The zero-order chi connectivity index (χ0) is 20.3. The number of hydrogen-bond donors (Lipinski definition) is 2. The molecular weight excluding hydrogens is 358 g/mol. The number of β-amino-alcohol motifs (C(OH)–C–C–N with tert-alkyl or cyclic N) is 1. The van der Waals surface area contributed by atoms with Crippen LogP contribution in [0.4, 0.5) is 0 Å². The molecule has 0 aliphatic carbocycles. The third-order valence-corrected chi connectivity index (χ3v) is 4.71. The minimum Gasteiger partial charge on any atom is -0.507 e. The van der Waals surface area contributed by atoms with Crippen molar-refractivity contribution in [1.82, 2.24) is 4.90 Å². The largest absolute Gasteiger partial charge is 0.507 e. The molecule has 0 spiro atoms. The minimum absolute atomic E-state index is 0.00315. The molecule has 2 aromatic carbocycles.